The second-order valence-electron chi connectivity index (χ2n) is 6.71. The van der Waals surface area contributed by atoms with E-state index in [4.69, 9.17) is 4.74 Å². The van der Waals surface area contributed by atoms with Crippen LogP contribution in [0.2, 0.25) is 0 Å². The summed E-state index contributed by atoms with van der Waals surface area (Å²) in [5, 5.41) is 0. The molecule has 2 aliphatic heterocycles. The molecule has 0 saturated carbocycles. The van der Waals surface area contributed by atoms with E-state index in [2.05, 4.69) is 14.9 Å². The first kappa shape index (κ1) is 16.3. The van der Waals surface area contributed by atoms with Crippen LogP contribution in [0, 0.1) is 0 Å². The van der Waals surface area contributed by atoms with E-state index in [9.17, 15) is 4.79 Å². The van der Waals surface area contributed by atoms with E-state index >= 15 is 0 Å². The van der Waals surface area contributed by atoms with Crippen LogP contribution < -0.4 is 0 Å². The Balaban J connectivity index is 1.58. The fourth-order valence-electron chi connectivity index (χ4n) is 4.05. The Hall–Kier alpha value is -2.18. The summed E-state index contributed by atoms with van der Waals surface area (Å²) in [6, 6.07) is 8.39. The quantitative estimate of drug-likeness (QED) is 0.918. The molecule has 4 heterocycles. The molecule has 0 bridgehead atoms. The highest BCUT2D eigenvalue weighted by Gasteiger charge is 2.40. The van der Waals surface area contributed by atoms with E-state index < -0.39 is 0 Å². The number of morpholine rings is 1. The summed E-state index contributed by atoms with van der Waals surface area (Å²) in [6.07, 6.45) is 7.33. The molecule has 0 radical (unpaired) electrons. The molecule has 1 N–H and O–H groups in total. The number of carbonyl (C=O) groups excluding carboxylic acids is 1. The monoisotopic (exact) mass is 340 g/mol. The second-order valence-corrected chi connectivity index (χ2v) is 6.71. The predicted molar refractivity (Wildman–Crippen MR) is 94.4 cm³/mol. The van der Waals surface area contributed by atoms with Crippen molar-refractivity contribution in [2.75, 3.05) is 32.8 Å². The molecule has 2 aromatic heterocycles. The smallest absolute Gasteiger partial charge is 0.270 e. The normalized spacial score (nSPS) is 24.6. The predicted octanol–water partition coefficient (Wildman–Crippen LogP) is 1.57. The Bertz CT molecular complexity index is 683. The Kier molecular flexibility index (Phi) is 4.81. The van der Waals surface area contributed by atoms with Crippen LogP contribution in [-0.2, 0) is 11.2 Å². The lowest BCUT2D eigenvalue weighted by Gasteiger charge is -2.37. The van der Waals surface area contributed by atoms with E-state index in [-0.39, 0.29) is 11.9 Å². The number of amides is 1. The summed E-state index contributed by atoms with van der Waals surface area (Å²) in [5.41, 5.74) is 1.90. The van der Waals surface area contributed by atoms with Gasteiger partial charge in [0.05, 0.1) is 19.3 Å². The molecule has 0 aromatic carbocycles. The molecular formula is C19H24N4O2. The van der Waals surface area contributed by atoms with Gasteiger partial charge in [-0.2, -0.15) is 0 Å². The number of hydrogen-bond acceptors (Lipinski definition) is 4. The first-order valence-electron chi connectivity index (χ1n) is 8.98. The first-order valence-corrected chi connectivity index (χ1v) is 8.98. The molecule has 6 heteroatoms. The average Bonchev–Trinajstić information content (AvgIpc) is 3.33. The van der Waals surface area contributed by atoms with Crippen molar-refractivity contribution < 1.29 is 9.53 Å². The number of nitrogens with one attached hydrogen (secondary N) is 1. The zero-order valence-corrected chi connectivity index (χ0v) is 14.3. The van der Waals surface area contributed by atoms with Crippen molar-refractivity contribution in [3.63, 3.8) is 0 Å². The van der Waals surface area contributed by atoms with Gasteiger partial charge in [-0.15, -0.1) is 0 Å². The van der Waals surface area contributed by atoms with Crippen molar-refractivity contribution in [2.24, 2.45) is 0 Å². The average molecular weight is 340 g/mol. The summed E-state index contributed by atoms with van der Waals surface area (Å²) >= 11 is 0. The van der Waals surface area contributed by atoms with E-state index in [0.717, 1.165) is 45.7 Å². The third kappa shape index (κ3) is 3.45. The van der Waals surface area contributed by atoms with Crippen LogP contribution in [0.25, 0.3) is 0 Å². The summed E-state index contributed by atoms with van der Waals surface area (Å²) in [6.45, 7) is 4.26. The van der Waals surface area contributed by atoms with Gasteiger partial charge >= 0.3 is 0 Å². The second kappa shape index (κ2) is 7.37. The van der Waals surface area contributed by atoms with Gasteiger partial charge in [0.1, 0.15) is 5.69 Å². The van der Waals surface area contributed by atoms with Gasteiger partial charge in [-0.25, -0.2) is 0 Å². The minimum absolute atomic E-state index is 0.0971. The molecule has 2 atom stereocenters. The van der Waals surface area contributed by atoms with E-state index in [0.29, 0.717) is 11.7 Å². The molecule has 6 nitrogen and oxygen atoms in total. The summed E-state index contributed by atoms with van der Waals surface area (Å²) in [4.78, 5) is 24.7. The topological polar surface area (TPSA) is 61.5 Å². The lowest BCUT2D eigenvalue weighted by atomic mass is 9.99. The SMILES string of the molecule is O=C(c1ccc[nH]1)N1CC[C@@H](N2CCOCC2)[C@@H]1Cc1ccncc1. The minimum atomic E-state index is 0.0971. The molecule has 0 unspecified atom stereocenters. The zero-order chi connectivity index (χ0) is 17.1. The molecule has 132 valence electrons. The van der Waals surface area contributed by atoms with Gasteiger partial charge in [-0.3, -0.25) is 14.7 Å². The fourth-order valence-corrected chi connectivity index (χ4v) is 4.05. The van der Waals surface area contributed by atoms with Crippen LogP contribution >= 0.6 is 0 Å². The molecule has 2 saturated heterocycles. The van der Waals surface area contributed by atoms with Crippen molar-refractivity contribution in [3.8, 4) is 0 Å². The van der Waals surface area contributed by atoms with Gasteiger partial charge in [-0.05, 0) is 42.7 Å². The Morgan fingerprint density at radius 3 is 2.72 bits per heavy atom. The lowest BCUT2D eigenvalue weighted by molar-refractivity contribution is 0.00860. The molecule has 2 aliphatic rings. The Labute approximate surface area is 147 Å². The molecule has 4 rings (SSSR count). The van der Waals surface area contributed by atoms with E-state index in [1.165, 1.54) is 5.56 Å². The minimum Gasteiger partial charge on any atom is -0.379 e. The van der Waals surface area contributed by atoms with Gasteiger partial charge in [0.2, 0.25) is 0 Å². The van der Waals surface area contributed by atoms with Crippen molar-refractivity contribution >= 4 is 5.91 Å². The van der Waals surface area contributed by atoms with Crippen LogP contribution in [0.1, 0.15) is 22.5 Å². The largest absolute Gasteiger partial charge is 0.379 e. The highest BCUT2D eigenvalue weighted by atomic mass is 16.5. The molecule has 2 aromatic rings. The molecule has 1 amide bonds. The lowest BCUT2D eigenvalue weighted by Crippen LogP contribution is -2.51. The van der Waals surface area contributed by atoms with Crippen molar-refractivity contribution in [1.82, 2.24) is 19.8 Å². The van der Waals surface area contributed by atoms with Crippen LogP contribution in [0.4, 0.5) is 0 Å². The van der Waals surface area contributed by atoms with Crippen molar-refractivity contribution in [1.29, 1.82) is 0 Å². The summed E-state index contributed by atoms with van der Waals surface area (Å²) in [7, 11) is 0. The number of aromatic nitrogens is 2. The number of carbonyl (C=O) groups is 1. The third-order valence-corrected chi connectivity index (χ3v) is 5.31. The maximum atomic E-state index is 13.0. The number of aromatic amines is 1. The zero-order valence-electron chi connectivity index (χ0n) is 14.3. The van der Waals surface area contributed by atoms with Crippen molar-refractivity contribution in [3.05, 3.63) is 54.1 Å². The van der Waals surface area contributed by atoms with Crippen LogP contribution in [0.5, 0.6) is 0 Å². The van der Waals surface area contributed by atoms with Gasteiger partial charge in [-0.1, -0.05) is 0 Å². The highest BCUT2D eigenvalue weighted by molar-refractivity contribution is 5.93. The van der Waals surface area contributed by atoms with Gasteiger partial charge < -0.3 is 14.6 Å². The van der Waals surface area contributed by atoms with Gasteiger partial charge in [0.15, 0.2) is 0 Å². The first-order chi connectivity index (χ1) is 12.3. The standard InChI is InChI=1S/C19H24N4O2/c24-19(16-2-1-6-21-16)23-9-5-17(22-10-12-25-13-11-22)18(23)14-15-3-7-20-8-4-15/h1-4,6-8,17-18,21H,5,9-14H2/t17-,18+/m1/s1. The summed E-state index contributed by atoms with van der Waals surface area (Å²) in [5.74, 6) is 0.0971. The molecule has 25 heavy (non-hydrogen) atoms. The number of pyridine rings is 1. The van der Waals surface area contributed by atoms with Crippen molar-refractivity contribution in [2.45, 2.75) is 24.9 Å². The molecular weight excluding hydrogens is 316 g/mol. The number of hydrogen-bond donors (Lipinski definition) is 1. The number of likely N-dealkylation sites (tertiary alicyclic amines) is 1. The molecule has 2 fully saturated rings. The highest BCUT2D eigenvalue weighted by Crippen LogP contribution is 2.28. The number of ether oxygens (including phenoxy) is 1. The maximum absolute atomic E-state index is 13.0. The van der Waals surface area contributed by atoms with Gasteiger partial charge in [0, 0.05) is 44.3 Å². The van der Waals surface area contributed by atoms with E-state index in [1.54, 1.807) is 6.20 Å². The number of rotatable bonds is 4. The number of H-pyrrole nitrogens is 1. The Morgan fingerprint density at radius 2 is 2.00 bits per heavy atom. The van der Waals surface area contributed by atoms with Crippen LogP contribution in [0.15, 0.2) is 42.9 Å². The molecule has 0 spiro atoms. The van der Waals surface area contributed by atoms with Gasteiger partial charge in [0.25, 0.3) is 5.91 Å². The molecule has 0 aliphatic carbocycles. The van der Waals surface area contributed by atoms with Crippen LogP contribution in [0.3, 0.4) is 0 Å². The fraction of sp³-hybridized carbons (Fsp3) is 0.474. The maximum Gasteiger partial charge on any atom is 0.270 e. The van der Waals surface area contributed by atoms with Crippen LogP contribution in [-0.4, -0.2) is 70.6 Å². The Morgan fingerprint density at radius 1 is 1.20 bits per heavy atom. The number of nitrogens with zero attached hydrogens (tertiary/aromatic N) is 3. The third-order valence-electron chi connectivity index (χ3n) is 5.31. The summed E-state index contributed by atoms with van der Waals surface area (Å²) < 4.78 is 5.51. The van der Waals surface area contributed by atoms with E-state index in [1.807, 2.05) is 41.6 Å².